The van der Waals surface area contributed by atoms with Crippen molar-refractivity contribution in [2.75, 3.05) is 17.6 Å². The number of pyridine rings is 1. The first kappa shape index (κ1) is 8.20. The summed E-state index contributed by atoms with van der Waals surface area (Å²) in [6.45, 7) is 2.94. The molecule has 0 bridgehead atoms. The lowest BCUT2D eigenvalue weighted by atomic mass is 10.3. The number of fused-ring (bicyclic) bond motifs is 1. The van der Waals surface area contributed by atoms with Crippen LogP contribution in [0.15, 0.2) is 11.2 Å². The highest BCUT2D eigenvalue weighted by Gasteiger charge is 2.14. The van der Waals surface area contributed by atoms with Crippen LogP contribution in [0.3, 0.4) is 0 Å². The van der Waals surface area contributed by atoms with E-state index in [9.17, 15) is 0 Å². The van der Waals surface area contributed by atoms with E-state index < -0.39 is 0 Å². The molecule has 1 aromatic rings. The third kappa shape index (κ3) is 1.27. The van der Waals surface area contributed by atoms with Crippen molar-refractivity contribution in [3.63, 3.8) is 0 Å². The molecule has 1 aromatic heterocycles. The van der Waals surface area contributed by atoms with E-state index in [0.717, 1.165) is 33.6 Å². The van der Waals surface area contributed by atoms with Gasteiger partial charge >= 0.3 is 0 Å². The van der Waals surface area contributed by atoms with Crippen molar-refractivity contribution in [1.29, 1.82) is 0 Å². The summed E-state index contributed by atoms with van der Waals surface area (Å²) in [5, 5.41) is 5.09. The highest BCUT2D eigenvalue weighted by atomic mass is 35.5. The lowest BCUT2D eigenvalue weighted by Crippen LogP contribution is -2.12. The maximum absolute atomic E-state index is 6.10. The summed E-state index contributed by atoms with van der Waals surface area (Å²) in [7, 11) is 0. The normalized spacial score (nSPS) is 15.2. The van der Waals surface area contributed by atoms with Gasteiger partial charge in [-0.25, -0.2) is 4.98 Å². The molecule has 0 saturated heterocycles. The molecule has 2 nitrogen and oxygen atoms in total. The van der Waals surface area contributed by atoms with Gasteiger partial charge in [0.15, 0.2) is 0 Å². The zero-order valence-corrected chi connectivity index (χ0v) is 8.30. The van der Waals surface area contributed by atoms with E-state index in [2.05, 4.69) is 10.3 Å². The molecule has 12 heavy (non-hydrogen) atoms. The quantitative estimate of drug-likeness (QED) is 0.697. The van der Waals surface area contributed by atoms with Crippen molar-refractivity contribution < 1.29 is 0 Å². The van der Waals surface area contributed by atoms with Crippen LogP contribution in [0, 0.1) is 6.92 Å². The molecule has 0 amide bonds. The first-order valence-electron chi connectivity index (χ1n) is 3.81. The van der Waals surface area contributed by atoms with Crippen molar-refractivity contribution in [2.45, 2.75) is 11.9 Å². The molecular formula is C8H9ClN2S. The van der Waals surface area contributed by atoms with Gasteiger partial charge in [-0.3, -0.25) is 0 Å². The molecule has 0 aliphatic carbocycles. The van der Waals surface area contributed by atoms with Gasteiger partial charge in [-0.15, -0.1) is 11.8 Å². The van der Waals surface area contributed by atoms with Gasteiger partial charge in [0, 0.05) is 18.5 Å². The third-order valence-electron chi connectivity index (χ3n) is 1.80. The SMILES string of the molecule is Cc1cnc2c(c1Cl)NCCS2. The predicted octanol–water partition coefficient (Wildman–Crippen LogP) is 2.56. The lowest BCUT2D eigenvalue weighted by molar-refractivity contribution is 1.05. The van der Waals surface area contributed by atoms with Gasteiger partial charge in [-0.2, -0.15) is 0 Å². The monoisotopic (exact) mass is 200 g/mol. The smallest absolute Gasteiger partial charge is 0.121 e. The fraction of sp³-hybridized carbons (Fsp3) is 0.375. The van der Waals surface area contributed by atoms with Crippen molar-refractivity contribution in [1.82, 2.24) is 4.98 Å². The lowest BCUT2D eigenvalue weighted by Gasteiger charge is -2.18. The first-order valence-corrected chi connectivity index (χ1v) is 5.17. The predicted molar refractivity (Wildman–Crippen MR) is 53.2 cm³/mol. The molecule has 0 spiro atoms. The van der Waals surface area contributed by atoms with Crippen LogP contribution >= 0.6 is 23.4 Å². The second-order valence-corrected chi connectivity index (χ2v) is 4.17. The number of aromatic nitrogens is 1. The van der Waals surface area contributed by atoms with E-state index >= 15 is 0 Å². The van der Waals surface area contributed by atoms with Crippen LogP contribution in [-0.2, 0) is 0 Å². The Morgan fingerprint density at radius 2 is 2.50 bits per heavy atom. The Bertz CT molecular complexity index is 314. The van der Waals surface area contributed by atoms with Gasteiger partial charge in [0.2, 0.25) is 0 Å². The van der Waals surface area contributed by atoms with Gasteiger partial charge in [-0.05, 0) is 12.5 Å². The summed E-state index contributed by atoms with van der Waals surface area (Å²) in [5.74, 6) is 1.07. The Hall–Kier alpha value is -0.410. The minimum absolute atomic E-state index is 0.812. The van der Waals surface area contributed by atoms with Crippen molar-refractivity contribution in [2.24, 2.45) is 0 Å². The topological polar surface area (TPSA) is 24.9 Å². The van der Waals surface area contributed by atoms with Gasteiger partial charge in [0.1, 0.15) is 5.03 Å². The van der Waals surface area contributed by atoms with Gasteiger partial charge in [0.05, 0.1) is 10.7 Å². The molecule has 0 atom stereocenters. The van der Waals surface area contributed by atoms with E-state index in [1.165, 1.54) is 0 Å². The molecule has 1 aliphatic heterocycles. The Morgan fingerprint density at radius 1 is 1.67 bits per heavy atom. The van der Waals surface area contributed by atoms with Crippen LogP contribution in [-0.4, -0.2) is 17.3 Å². The molecule has 64 valence electrons. The number of halogens is 1. The summed E-state index contributed by atoms with van der Waals surface area (Å²) in [5.41, 5.74) is 2.04. The number of thioether (sulfide) groups is 1. The summed E-state index contributed by atoms with van der Waals surface area (Å²) < 4.78 is 0. The van der Waals surface area contributed by atoms with Crippen LogP contribution in [0.4, 0.5) is 5.69 Å². The molecule has 2 rings (SSSR count). The zero-order valence-electron chi connectivity index (χ0n) is 6.72. The van der Waals surface area contributed by atoms with Crippen molar-refractivity contribution in [3.8, 4) is 0 Å². The highest BCUT2D eigenvalue weighted by molar-refractivity contribution is 7.99. The first-order chi connectivity index (χ1) is 5.79. The average Bonchev–Trinajstić information content (AvgIpc) is 2.12. The van der Waals surface area contributed by atoms with E-state index in [1.54, 1.807) is 11.8 Å². The van der Waals surface area contributed by atoms with Gasteiger partial charge < -0.3 is 5.32 Å². The molecule has 0 fully saturated rings. The largest absolute Gasteiger partial charge is 0.381 e. The minimum atomic E-state index is 0.812. The van der Waals surface area contributed by atoms with Crippen LogP contribution in [0.5, 0.6) is 0 Å². The van der Waals surface area contributed by atoms with E-state index in [0.29, 0.717) is 0 Å². The van der Waals surface area contributed by atoms with Crippen molar-refractivity contribution >= 4 is 29.1 Å². The standard InChI is InChI=1S/C8H9ClN2S/c1-5-4-11-8-7(6(5)9)10-2-3-12-8/h4,10H,2-3H2,1H3. The number of rotatable bonds is 0. The molecule has 4 heteroatoms. The second kappa shape index (κ2) is 3.15. The molecule has 0 radical (unpaired) electrons. The Kier molecular flexibility index (Phi) is 2.15. The fourth-order valence-corrected chi connectivity index (χ4v) is 2.26. The molecule has 0 saturated carbocycles. The summed E-state index contributed by atoms with van der Waals surface area (Å²) in [4.78, 5) is 4.30. The van der Waals surface area contributed by atoms with Crippen LogP contribution in [0.25, 0.3) is 0 Å². The van der Waals surface area contributed by atoms with Crippen LogP contribution in [0.1, 0.15) is 5.56 Å². The molecule has 1 N–H and O–H groups in total. The molecular weight excluding hydrogens is 192 g/mol. The van der Waals surface area contributed by atoms with Crippen LogP contribution in [0.2, 0.25) is 5.02 Å². The number of nitrogens with one attached hydrogen (secondary N) is 1. The Morgan fingerprint density at radius 3 is 3.33 bits per heavy atom. The van der Waals surface area contributed by atoms with Crippen molar-refractivity contribution in [3.05, 3.63) is 16.8 Å². The molecule has 1 aliphatic rings. The maximum atomic E-state index is 6.10. The van der Waals surface area contributed by atoms with Gasteiger partial charge in [0.25, 0.3) is 0 Å². The Balaban J connectivity index is 2.54. The summed E-state index contributed by atoms with van der Waals surface area (Å²) in [6, 6.07) is 0. The second-order valence-electron chi connectivity index (χ2n) is 2.71. The van der Waals surface area contributed by atoms with E-state index in [-0.39, 0.29) is 0 Å². The average molecular weight is 201 g/mol. The number of hydrogen-bond acceptors (Lipinski definition) is 3. The maximum Gasteiger partial charge on any atom is 0.121 e. The van der Waals surface area contributed by atoms with E-state index in [1.807, 2.05) is 13.1 Å². The minimum Gasteiger partial charge on any atom is -0.381 e. The number of anilines is 1. The highest BCUT2D eigenvalue weighted by Crippen LogP contribution is 2.35. The molecule has 2 heterocycles. The third-order valence-corrected chi connectivity index (χ3v) is 3.28. The number of hydrogen-bond donors (Lipinski definition) is 1. The summed E-state index contributed by atoms with van der Waals surface area (Å²) in [6.07, 6.45) is 1.82. The molecule has 0 aromatic carbocycles. The number of aryl methyl sites for hydroxylation is 1. The summed E-state index contributed by atoms with van der Waals surface area (Å²) >= 11 is 7.85. The molecule has 0 unspecified atom stereocenters. The zero-order chi connectivity index (χ0) is 8.55. The van der Waals surface area contributed by atoms with E-state index in [4.69, 9.17) is 11.6 Å². The Labute approximate surface area is 80.7 Å². The van der Waals surface area contributed by atoms with Crippen LogP contribution < -0.4 is 5.32 Å². The fourth-order valence-electron chi connectivity index (χ4n) is 1.15. The number of nitrogens with zero attached hydrogens (tertiary/aromatic N) is 1. The van der Waals surface area contributed by atoms with Gasteiger partial charge in [-0.1, -0.05) is 11.6 Å².